The van der Waals surface area contributed by atoms with Crippen LogP contribution in [0.2, 0.25) is 0 Å². The molecule has 0 aliphatic heterocycles. The molecule has 0 aliphatic carbocycles. The largest absolute Gasteiger partial charge is 0.307 e. The van der Waals surface area contributed by atoms with Gasteiger partial charge in [0.2, 0.25) is 0 Å². The van der Waals surface area contributed by atoms with Crippen molar-refractivity contribution in [2.24, 2.45) is 0 Å². The fourth-order valence-electron chi connectivity index (χ4n) is 0. The summed E-state index contributed by atoms with van der Waals surface area (Å²) in [6, 6.07) is 0. The molecule has 0 atom stereocenters. The van der Waals surface area contributed by atoms with E-state index < -0.39 is 3.25 Å². The van der Waals surface area contributed by atoms with Crippen molar-refractivity contribution in [3.05, 3.63) is 0 Å². The van der Waals surface area contributed by atoms with Crippen molar-refractivity contribution in [1.29, 1.82) is 0 Å². The molecule has 0 bridgehead atoms. The Labute approximate surface area is 61.5 Å². The molecule has 0 aromatic carbocycles. The predicted octanol–water partition coefficient (Wildman–Crippen LogP) is 2.37. The van der Waals surface area contributed by atoms with E-state index in [1.165, 1.54) is 0 Å². The lowest BCUT2D eigenvalue weighted by atomic mass is 11.8. The number of hydrogen-bond acceptors (Lipinski definition) is 1. The Hall–Kier alpha value is 0.830. The molecule has 0 rings (SSSR count). The molecule has 0 fully saturated rings. The Kier molecular flexibility index (Phi) is 7.64. The maximum absolute atomic E-state index is 8.00. The number of halogens is 4. The topological polar surface area (TPSA) is 17.1 Å². The van der Waals surface area contributed by atoms with Gasteiger partial charge >= 0.3 is 0 Å². The highest BCUT2D eigenvalue weighted by Crippen LogP contribution is 2.29. The Morgan fingerprint density at radius 2 is 1.00 bits per heavy atom. The van der Waals surface area contributed by atoms with E-state index in [4.69, 9.17) is 51.2 Å². The summed E-state index contributed by atoms with van der Waals surface area (Å²) < 4.78 is -1.61. The first-order chi connectivity index (χ1) is 3.00. The van der Waals surface area contributed by atoms with Gasteiger partial charge in [-0.15, -0.1) is 0 Å². The summed E-state index contributed by atoms with van der Waals surface area (Å²) >= 11 is 19.3. The fraction of sp³-hybridized carbons (Fsp3) is 0.500. The molecule has 0 radical (unpaired) electrons. The van der Waals surface area contributed by atoms with Crippen LogP contribution in [0.3, 0.4) is 0 Å². The summed E-state index contributed by atoms with van der Waals surface area (Å²) in [5.41, 5.74) is 0. The summed E-state index contributed by atoms with van der Waals surface area (Å²) in [5.74, 6) is 0. The molecule has 7 heavy (non-hydrogen) atoms. The minimum atomic E-state index is -1.61. The normalized spacial score (nSPS) is 9.14. The number of alkyl halides is 4. The van der Waals surface area contributed by atoms with E-state index in [9.17, 15) is 0 Å². The molecule has 0 aromatic heterocycles. The second-order valence-electron chi connectivity index (χ2n) is 0.429. The lowest BCUT2D eigenvalue weighted by Crippen LogP contribution is -1.81. The molecule has 0 unspecified atom stereocenters. The van der Waals surface area contributed by atoms with Gasteiger partial charge in [0.25, 0.3) is 3.25 Å². The molecule has 0 heterocycles. The Bertz CT molecular complexity index is 33.4. The van der Waals surface area contributed by atoms with Crippen molar-refractivity contribution in [2.45, 2.75) is 3.25 Å². The Morgan fingerprint density at radius 3 is 1.00 bits per heavy atom. The van der Waals surface area contributed by atoms with Gasteiger partial charge < -0.3 is 4.79 Å². The van der Waals surface area contributed by atoms with Crippen LogP contribution in [-0.2, 0) is 4.79 Å². The first-order valence-corrected chi connectivity index (χ1v) is 2.56. The van der Waals surface area contributed by atoms with E-state index in [-0.39, 0.29) is 0 Å². The highest BCUT2D eigenvalue weighted by Gasteiger charge is 2.11. The molecular weight excluding hydrogens is 182 g/mol. The predicted molar refractivity (Wildman–Crippen MR) is 33.3 cm³/mol. The quantitative estimate of drug-likeness (QED) is 0.528. The lowest BCUT2D eigenvalue weighted by molar-refractivity contribution is -0.0979. The van der Waals surface area contributed by atoms with Gasteiger partial charge in [0.1, 0.15) is 6.79 Å². The van der Waals surface area contributed by atoms with Gasteiger partial charge in [-0.25, -0.2) is 0 Å². The van der Waals surface area contributed by atoms with Crippen molar-refractivity contribution in [2.75, 3.05) is 0 Å². The van der Waals surface area contributed by atoms with Crippen LogP contribution >= 0.6 is 46.4 Å². The van der Waals surface area contributed by atoms with E-state index in [1.54, 1.807) is 0 Å². The molecular formula is C2H2Cl4O. The summed E-state index contributed by atoms with van der Waals surface area (Å²) in [5, 5.41) is 0. The molecule has 0 spiro atoms. The maximum Gasteiger partial charge on any atom is 0.266 e. The fourth-order valence-corrected chi connectivity index (χ4v) is 0. The summed E-state index contributed by atoms with van der Waals surface area (Å²) in [6.07, 6.45) is 0. The smallest absolute Gasteiger partial charge is 0.266 e. The first-order valence-electron chi connectivity index (χ1n) is 1.04. The van der Waals surface area contributed by atoms with Gasteiger partial charge in [0.15, 0.2) is 0 Å². The minimum absolute atomic E-state index is 1.61. The van der Waals surface area contributed by atoms with Crippen LogP contribution in [-0.4, -0.2) is 10.0 Å². The summed E-state index contributed by atoms with van der Waals surface area (Å²) in [4.78, 5) is 8.00. The van der Waals surface area contributed by atoms with Crippen molar-refractivity contribution in [3.8, 4) is 0 Å². The van der Waals surface area contributed by atoms with E-state index in [0.717, 1.165) is 0 Å². The number of carbonyl (C=O) groups excluding carboxylic acids is 1. The second-order valence-corrected chi connectivity index (χ2v) is 3.86. The molecule has 0 saturated carbocycles. The second kappa shape index (κ2) is 4.98. The van der Waals surface area contributed by atoms with Crippen LogP contribution in [0.25, 0.3) is 0 Å². The third-order valence-electron chi connectivity index (χ3n) is 0. The molecule has 44 valence electrons. The maximum atomic E-state index is 8.00. The van der Waals surface area contributed by atoms with Crippen LogP contribution < -0.4 is 0 Å². The molecule has 0 amide bonds. The molecule has 0 aromatic rings. The van der Waals surface area contributed by atoms with Crippen LogP contribution in [0, 0.1) is 0 Å². The number of carbonyl (C=O) groups is 1. The zero-order valence-corrected chi connectivity index (χ0v) is 6.15. The van der Waals surface area contributed by atoms with E-state index in [0.29, 0.717) is 0 Å². The highest BCUT2D eigenvalue weighted by molar-refractivity contribution is 6.83. The van der Waals surface area contributed by atoms with Crippen molar-refractivity contribution >= 4 is 53.2 Å². The standard InChI is InChI=1S/CCl4.CH2O/c2-1(3,4)5;1-2/h;1H2. The molecule has 0 aliphatic rings. The third-order valence-corrected chi connectivity index (χ3v) is 0. The zero-order valence-electron chi connectivity index (χ0n) is 3.13. The average molecular weight is 184 g/mol. The number of hydrogen-bond donors (Lipinski definition) is 0. The SMILES string of the molecule is C=O.ClC(Cl)(Cl)Cl. The van der Waals surface area contributed by atoms with Crippen molar-refractivity contribution in [3.63, 3.8) is 0 Å². The van der Waals surface area contributed by atoms with Crippen LogP contribution in [0.5, 0.6) is 0 Å². The molecule has 0 N–H and O–H groups in total. The van der Waals surface area contributed by atoms with Gasteiger partial charge in [-0.1, -0.05) is 46.4 Å². The average Bonchev–Trinajstić information content (AvgIpc) is 1.36. The van der Waals surface area contributed by atoms with Crippen molar-refractivity contribution < 1.29 is 4.79 Å². The third kappa shape index (κ3) is 231. The van der Waals surface area contributed by atoms with Gasteiger partial charge in [0, 0.05) is 0 Å². The number of rotatable bonds is 0. The molecule has 0 saturated heterocycles. The van der Waals surface area contributed by atoms with Crippen molar-refractivity contribution in [1.82, 2.24) is 0 Å². The van der Waals surface area contributed by atoms with E-state index in [1.807, 2.05) is 6.79 Å². The van der Waals surface area contributed by atoms with Crippen LogP contribution in [0.15, 0.2) is 0 Å². The van der Waals surface area contributed by atoms with E-state index in [2.05, 4.69) is 0 Å². The monoisotopic (exact) mass is 182 g/mol. The Morgan fingerprint density at radius 1 is 1.00 bits per heavy atom. The molecule has 5 heteroatoms. The van der Waals surface area contributed by atoms with Gasteiger partial charge in [-0.3, -0.25) is 0 Å². The zero-order chi connectivity index (χ0) is 6.50. The van der Waals surface area contributed by atoms with Crippen LogP contribution in [0.4, 0.5) is 0 Å². The van der Waals surface area contributed by atoms with Gasteiger partial charge in [-0.2, -0.15) is 0 Å². The highest BCUT2D eigenvalue weighted by atomic mass is 35.6. The van der Waals surface area contributed by atoms with Crippen LogP contribution in [0.1, 0.15) is 0 Å². The Balaban J connectivity index is 0. The summed E-state index contributed by atoms with van der Waals surface area (Å²) in [7, 11) is 0. The molecule has 1 nitrogen and oxygen atoms in total. The van der Waals surface area contributed by atoms with Gasteiger partial charge in [0.05, 0.1) is 0 Å². The lowest BCUT2D eigenvalue weighted by Gasteiger charge is -1.91. The first kappa shape index (κ1) is 10.7. The van der Waals surface area contributed by atoms with E-state index >= 15 is 0 Å². The summed E-state index contributed by atoms with van der Waals surface area (Å²) in [6.45, 7) is 2.00. The van der Waals surface area contributed by atoms with Gasteiger partial charge in [-0.05, 0) is 0 Å². The minimum Gasteiger partial charge on any atom is -0.307 e.